The highest BCUT2D eigenvalue weighted by molar-refractivity contribution is 5.93. The molecule has 2 aromatic heterocycles. The van der Waals surface area contributed by atoms with Crippen LogP contribution in [0.4, 0.5) is 0 Å². The number of aromatic amines is 1. The maximum atomic E-state index is 12.3. The summed E-state index contributed by atoms with van der Waals surface area (Å²) in [4.78, 5) is 16.5. The van der Waals surface area contributed by atoms with Crippen molar-refractivity contribution >= 4 is 12.1 Å². The molecule has 2 heterocycles. The third kappa shape index (κ3) is 2.73. The molecule has 0 aliphatic heterocycles. The van der Waals surface area contributed by atoms with Crippen molar-refractivity contribution in [3.05, 3.63) is 47.5 Å². The predicted molar refractivity (Wildman–Crippen MR) is 97.7 cm³/mol. The SMILES string of the molecule is O=C(N/N=C/c1ccccn1)c1cc(C23CC4CC(CC(C4)C2)C3)[nH]n1. The smallest absolute Gasteiger partial charge is 0.281 e. The molecule has 4 saturated carbocycles. The Kier molecular flexibility index (Phi) is 3.65. The third-order valence-electron chi connectivity index (χ3n) is 6.47. The lowest BCUT2D eigenvalue weighted by Crippen LogP contribution is -2.48. The minimum Gasteiger partial charge on any atom is -0.281 e. The van der Waals surface area contributed by atoms with Gasteiger partial charge in [-0.3, -0.25) is 14.9 Å². The number of hydrogen-bond donors (Lipinski definition) is 2. The van der Waals surface area contributed by atoms with Gasteiger partial charge in [-0.05, 0) is 74.5 Å². The number of rotatable bonds is 4. The van der Waals surface area contributed by atoms with Crippen molar-refractivity contribution in [1.82, 2.24) is 20.6 Å². The van der Waals surface area contributed by atoms with Crippen LogP contribution in [0.15, 0.2) is 35.6 Å². The number of H-pyrrole nitrogens is 1. The highest BCUT2D eigenvalue weighted by atomic mass is 16.2. The first-order valence-corrected chi connectivity index (χ1v) is 9.50. The normalized spacial score (nSPS) is 32.2. The zero-order valence-corrected chi connectivity index (χ0v) is 14.7. The highest BCUT2D eigenvalue weighted by Gasteiger charge is 2.52. The largest absolute Gasteiger partial charge is 0.291 e. The van der Waals surface area contributed by atoms with Gasteiger partial charge in [0.1, 0.15) is 0 Å². The van der Waals surface area contributed by atoms with E-state index in [1.54, 1.807) is 6.20 Å². The van der Waals surface area contributed by atoms with Crippen LogP contribution in [0.2, 0.25) is 0 Å². The van der Waals surface area contributed by atoms with Crippen molar-refractivity contribution in [1.29, 1.82) is 0 Å². The van der Waals surface area contributed by atoms with Crippen LogP contribution in [0.5, 0.6) is 0 Å². The first-order valence-electron chi connectivity index (χ1n) is 9.50. The fraction of sp³-hybridized carbons (Fsp3) is 0.500. The van der Waals surface area contributed by atoms with Crippen molar-refractivity contribution in [2.24, 2.45) is 22.9 Å². The van der Waals surface area contributed by atoms with Gasteiger partial charge in [-0.1, -0.05) is 6.07 Å². The van der Waals surface area contributed by atoms with Crippen molar-refractivity contribution in [3.63, 3.8) is 0 Å². The molecule has 4 fully saturated rings. The van der Waals surface area contributed by atoms with Gasteiger partial charge in [0.25, 0.3) is 5.91 Å². The second-order valence-electron chi connectivity index (χ2n) is 8.32. The average Bonchev–Trinajstić information content (AvgIpc) is 3.13. The van der Waals surface area contributed by atoms with E-state index in [0.29, 0.717) is 11.4 Å². The molecule has 1 amide bonds. The van der Waals surface area contributed by atoms with E-state index in [0.717, 1.165) is 23.4 Å². The van der Waals surface area contributed by atoms with E-state index in [1.165, 1.54) is 44.7 Å². The summed E-state index contributed by atoms with van der Waals surface area (Å²) in [5.74, 6) is 2.31. The zero-order valence-electron chi connectivity index (χ0n) is 14.7. The molecule has 26 heavy (non-hydrogen) atoms. The van der Waals surface area contributed by atoms with Gasteiger partial charge in [-0.15, -0.1) is 0 Å². The molecule has 2 aromatic rings. The Balaban J connectivity index is 1.29. The number of aromatic nitrogens is 3. The molecule has 6 rings (SSSR count). The van der Waals surface area contributed by atoms with Crippen LogP contribution in [-0.4, -0.2) is 27.3 Å². The Morgan fingerprint density at radius 3 is 2.58 bits per heavy atom. The molecule has 6 nitrogen and oxygen atoms in total. The van der Waals surface area contributed by atoms with Crippen LogP contribution >= 0.6 is 0 Å². The Hall–Kier alpha value is -2.50. The zero-order chi connectivity index (χ0) is 17.6. The molecule has 4 aliphatic rings. The van der Waals surface area contributed by atoms with Crippen LogP contribution in [0.25, 0.3) is 0 Å². The molecule has 0 saturated heterocycles. The van der Waals surface area contributed by atoms with Gasteiger partial charge < -0.3 is 0 Å². The average molecular weight is 349 g/mol. The Bertz CT molecular complexity index is 806. The van der Waals surface area contributed by atoms with E-state index in [-0.39, 0.29) is 11.3 Å². The number of pyridine rings is 1. The van der Waals surface area contributed by atoms with Crippen LogP contribution in [0.1, 0.15) is 60.4 Å². The molecular formula is C20H23N5O. The Morgan fingerprint density at radius 2 is 1.92 bits per heavy atom. The lowest BCUT2D eigenvalue weighted by atomic mass is 9.49. The molecule has 4 bridgehead atoms. The van der Waals surface area contributed by atoms with E-state index in [9.17, 15) is 4.79 Å². The van der Waals surface area contributed by atoms with Crippen LogP contribution in [-0.2, 0) is 5.41 Å². The van der Waals surface area contributed by atoms with Gasteiger partial charge in [-0.25, -0.2) is 5.43 Å². The standard InChI is InChI=1S/C20H23N5O/c26-19(25-22-12-16-3-1-2-4-21-16)17-8-18(24-23-17)20-9-13-5-14(10-20)7-15(6-13)11-20/h1-4,8,12-15H,5-7,9-11H2,(H,23,24)(H,25,26)/b22-12+. The first-order chi connectivity index (χ1) is 12.7. The summed E-state index contributed by atoms with van der Waals surface area (Å²) < 4.78 is 0. The first kappa shape index (κ1) is 15.7. The summed E-state index contributed by atoms with van der Waals surface area (Å²) >= 11 is 0. The van der Waals surface area contributed by atoms with Gasteiger partial charge in [0.2, 0.25) is 0 Å². The second-order valence-corrected chi connectivity index (χ2v) is 8.32. The van der Waals surface area contributed by atoms with E-state index in [1.807, 2.05) is 24.3 Å². The Labute approximate surface area is 152 Å². The molecule has 0 radical (unpaired) electrons. The maximum absolute atomic E-state index is 12.3. The molecule has 0 unspecified atom stereocenters. The van der Waals surface area contributed by atoms with Crippen LogP contribution < -0.4 is 5.43 Å². The number of amides is 1. The fourth-order valence-electron chi connectivity index (χ4n) is 5.82. The predicted octanol–water partition coefficient (Wildman–Crippen LogP) is 3.04. The molecule has 134 valence electrons. The minimum atomic E-state index is -0.288. The Morgan fingerprint density at radius 1 is 1.19 bits per heavy atom. The molecule has 0 spiro atoms. The monoisotopic (exact) mass is 349 g/mol. The van der Waals surface area contributed by atoms with Crippen molar-refractivity contribution < 1.29 is 4.79 Å². The van der Waals surface area contributed by atoms with Crippen LogP contribution in [0, 0.1) is 17.8 Å². The maximum Gasteiger partial charge on any atom is 0.291 e. The van der Waals surface area contributed by atoms with Gasteiger partial charge >= 0.3 is 0 Å². The second kappa shape index (κ2) is 6.04. The highest BCUT2D eigenvalue weighted by Crippen LogP contribution is 2.60. The summed E-state index contributed by atoms with van der Waals surface area (Å²) in [5.41, 5.74) is 5.02. The number of hydrazone groups is 1. The number of hydrogen-bond acceptors (Lipinski definition) is 4. The summed E-state index contributed by atoms with van der Waals surface area (Å²) in [6.45, 7) is 0. The van der Waals surface area contributed by atoms with E-state index >= 15 is 0 Å². The lowest BCUT2D eigenvalue weighted by molar-refractivity contribution is -0.00721. The molecule has 0 atom stereocenters. The summed E-state index contributed by atoms with van der Waals surface area (Å²) in [6, 6.07) is 7.49. The minimum absolute atomic E-state index is 0.220. The lowest BCUT2D eigenvalue weighted by Gasteiger charge is -2.56. The van der Waals surface area contributed by atoms with Gasteiger partial charge in [0.15, 0.2) is 5.69 Å². The van der Waals surface area contributed by atoms with E-state index < -0.39 is 0 Å². The van der Waals surface area contributed by atoms with Crippen molar-refractivity contribution in [2.45, 2.75) is 43.9 Å². The molecule has 2 N–H and O–H groups in total. The summed E-state index contributed by atoms with van der Waals surface area (Å²) in [7, 11) is 0. The quantitative estimate of drug-likeness (QED) is 0.657. The fourth-order valence-corrected chi connectivity index (χ4v) is 5.82. The number of nitrogens with zero attached hydrogens (tertiary/aromatic N) is 3. The van der Waals surface area contributed by atoms with Gasteiger partial charge in [0.05, 0.1) is 11.9 Å². The molecule has 4 aliphatic carbocycles. The van der Waals surface area contributed by atoms with E-state index in [4.69, 9.17) is 0 Å². The molecular weight excluding hydrogens is 326 g/mol. The van der Waals surface area contributed by atoms with Gasteiger partial charge in [-0.2, -0.15) is 10.2 Å². The number of nitrogens with one attached hydrogen (secondary N) is 2. The van der Waals surface area contributed by atoms with Crippen molar-refractivity contribution in [3.8, 4) is 0 Å². The van der Waals surface area contributed by atoms with Gasteiger partial charge in [0, 0.05) is 17.3 Å². The summed E-state index contributed by atoms with van der Waals surface area (Å²) in [5, 5.41) is 11.4. The van der Waals surface area contributed by atoms with E-state index in [2.05, 4.69) is 25.7 Å². The summed E-state index contributed by atoms with van der Waals surface area (Å²) in [6.07, 6.45) is 11.2. The number of carbonyl (C=O) groups is 1. The molecule has 6 heteroatoms. The number of carbonyl (C=O) groups excluding carboxylic acids is 1. The molecule has 0 aromatic carbocycles. The topological polar surface area (TPSA) is 83.0 Å². The van der Waals surface area contributed by atoms with Crippen LogP contribution in [0.3, 0.4) is 0 Å². The van der Waals surface area contributed by atoms with Crippen molar-refractivity contribution in [2.75, 3.05) is 0 Å². The third-order valence-corrected chi connectivity index (χ3v) is 6.47.